The molecule has 1 atom stereocenters. The molecule has 6 heteroatoms. The first kappa shape index (κ1) is 16.3. The molecule has 6 nitrogen and oxygen atoms in total. The van der Waals surface area contributed by atoms with Crippen molar-refractivity contribution in [2.45, 2.75) is 39.2 Å². The first-order valence-electron chi connectivity index (χ1n) is 7.62. The third-order valence-corrected chi connectivity index (χ3v) is 3.50. The largest absolute Gasteiger partial charge is 0.472 e. The molecule has 120 valence electrons. The summed E-state index contributed by atoms with van der Waals surface area (Å²) in [5.74, 6) is 0.231. The van der Waals surface area contributed by atoms with Crippen LogP contribution in [0, 0.1) is 6.92 Å². The van der Waals surface area contributed by atoms with Gasteiger partial charge in [-0.25, -0.2) is 4.98 Å². The minimum Gasteiger partial charge on any atom is -0.472 e. The van der Waals surface area contributed by atoms with Gasteiger partial charge in [-0.05, 0) is 19.9 Å². The molecular formula is C16H22N2O4. The predicted octanol–water partition coefficient (Wildman–Crippen LogP) is 1.71. The minimum absolute atomic E-state index is 0.0312. The molecule has 1 aromatic rings. The van der Waals surface area contributed by atoms with Gasteiger partial charge in [-0.15, -0.1) is 0 Å². The fraction of sp³-hybridized carbons (Fsp3) is 0.562. The fourth-order valence-electron chi connectivity index (χ4n) is 2.41. The number of esters is 1. The van der Waals surface area contributed by atoms with Gasteiger partial charge in [0.1, 0.15) is 6.10 Å². The topological polar surface area (TPSA) is 68.7 Å². The highest BCUT2D eigenvalue weighted by Crippen LogP contribution is 2.17. The van der Waals surface area contributed by atoms with Gasteiger partial charge in [-0.2, -0.15) is 0 Å². The van der Waals surface area contributed by atoms with E-state index in [2.05, 4.69) is 4.98 Å². The highest BCUT2D eigenvalue weighted by molar-refractivity contribution is 5.81. The van der Waals surface area contributed by atoms with Gasteiger partial charge in [-0.1, -0.05) is 6.07 Å². The first-order chi connectivity index (χ1) is 10.6. The molecule has 22 heavy (non-hydrogen) atoms. The average molecular weight is 306 g/mol. The Balaban J connectivity index is 1.77. The number of rotatable bonds is 6. The van der Waals surface area contributed by atoms with Crippen LogP contribution in [0.4, 0.5) is 0 Å². The summed E-state index contributed by atoms with van der Waals surface area (Å²) < 4.78 is 10.6. The van der Waals surface area contributed by atoms with E-state index in [4.69, 9.17) is 9.47 Å². The van der Waals surface area contributed by atoms with Crippen molar-refractivity contribution in [3.05, 3.63) is 23.9 Å². The maximum Gasteiger partial charge on any atom is 0.306 e. The van der Waals surface area contributed by atoms with Crippen LogP contribution in [0.3, 0.4) is 0 Å². The molecule has 1 unspecified atom stereocenters. The van der Waals surface area contributed by atoms with Crippen molar-refractivity contribution < 1.29 is 19.1 Å². The van der Waals surface area contributed by atoms with Gasteiger partial charge >= 0.3 is 5.97 Å². The summed E-state index contributed by atoms with van der Waals surface area (Å²) in [7, 11) is 0. The second kappa shape index (κ2) is 7.77. The molecule has 1 amide bonds. The van der Waals surface area contributed by atoms with Crippen LogP contribution in [-0.4, -0.2) is 47.6 Å². The fourth-order valence-corrected chi connectivity index (χ4v) is 2.41. The number of likely N-dealkylation sites (tertiary alicyclic amines) is 1. The van der Waals surface area contributed by atoms with Gasteiger partial charge < -0.3 is 14.4 Å². The zero-order valence-corrected chi connectivity index (χ0v) is 13.1. The summed E-state index contributed by atoms with van der Waals surface area (Å²) in [6, 6.07) is 5.62. The van der Waals surface area contributed by atoms with Crippen LogP contribution in [-0.2, 0) is 14.3 Å². The Hall–Kier alpha value is -2.11. The van der Waals surface area contributed by atoms with E-state index < -0.39 is 0 Å². The van der Waals surface area contributed by atoms with Crippen LogP contribution in [0.5, 0.6) is 5.88 Å². The standard InChI is InChI=1S/C16H22N2O4/c1-3-21-16(20)8-7-15(19)18-10-9-13(11-18)22-14-6-4-5-12(2)17-14/h4-6,13H,3,7-11H2,1-2H3. The number of nitrogens with zero attached hydrogens (tertiary/aromatic N) is 2. The lowest BCUT2D eigenvalue weighted by atomic mass is 10.3. The lowest BCUT2D eigenvalue weighted by Crippen LogP contribution is -2.31. The highest BCUT2D eigenvalue weighted by atomic mass is 16.5. The van der Waals surface area contributed by atoms with Crippen LogP contribution in [0.2, 0.25) is 0 Å². The zero-order valence-electron chi connectivity index (χ0n) is 13.1. The number of aromatic nitrogens is 1. The molecule has 1 aliphatic rings. The summed E-state index contributed by atoms with van der Waals surface area (Å²) in [4.78, 5) is 29.4. The average Bonchev–Trinajstić information content (AvgIpc) is 2.94. The summed E-state index contributed by atoms with van der Waals surface area (Å²) >= 11 is 0. The van der Waals surface area contributed by atoms with Crippen molar-refractivity contribution in [2.75, 3.05) is 19.7 Å². The molecule has 0 spiro atoms. The van der Waals surface area contributed by atoms with Gasteiger partial charge in [0.15, 0.2) is 0 Å². The van der Waals surface area contributed by atoms with E-state index in [1.54, 1.807) is 11.8 Å². The zero-order chi connectivity index (χ0) is 15.9. The molecule has 0 N–H and O–H groups in total. The summed E-state index contributed by atoms with van der Waals surface area (Å²) in [5, 5.41) is 0. The summed E-state index contributed by atoms with van der Waals surface area (Å²) in [6.45, 7) is 5.19. The predicted molar refractivity (Wildman–Crippen MR) is 80.5 cm³/mol. The SMILES string of the molecule is CCOC(=O)CCC(=O)N1CCC(Oc2cccc(C)n2)C1. The summed E-state index contributed by atoms with van der Waals surface area (Å²) in [5.41, 5.74) is 0.901. The van der Waals surface area contributed by atoms with Crippen molar-refractivity contribution in [3.8, 4) is 5.88 Å². The molecule has 1 saturated heterocycles. The number of carbonyl (C=O) groups excluding carboxylic acids is 2. The maximum absolute atomic E-state index is 12.1. The Morgan fingerprint density at radius 1 is 1.36 bits per heavy atom. The van der Waals surface area contributed by atoms with E-state index in [1.807, 2.05) is 25.1 Å². The third kappa shape index (κ3) is 4.72. The van der Waals surface area contributed by atoms with E-state index in [1.165, 1.54) is 0 Å². The van der Waals surface area contributed by atoms with Crippen LogP contribution in [0.25, 0.3) is 0 Å². The molecule has 2 rings (SSSR count). The normalized spacial score (nSPS) is 17.4. The van der Waals surface area contributed by atoms with E-state index in [9.17, 15) is 9.59 Å². The van der Waals surface area contributed by atoms with Gasteiger partial charge in [0.25, 0.3) is 0 Å². The van der Waals surface area contributed by atoms with Crippen molar-refractivity contribution in [1.29, 1.82) is 0 Å². The highest BCUT2D eigenvalue weighted by Gasteiger charge is 2.28. The lowest BCUT2D eigenvalue weighted by molar-refractivity contribution is -0.145. The number of aryl methyl sites for hydroxylation is 1. The van der Waals surface area contributed by atoms with E-state index >= 15 is 0 Å². The molecule has 0 saturated carbocycles. The van der Waals surface area contributed by atoms with Crippen molar-refractivity contribution >= 4 is 11.9 Å². The first-order valence-corrected chi connectivity index (χ1v) is 7.62. The van der Waals surface area contributed by atoms with Gasteiger partial charge in [0.05, 0.1) is 19.6 Å². The summed E-state index contributed by atoms with van der Waals surface area (Å²) in [6.07, 6.45) is 1.06. The third-order valence-electron chi connectivity index (χ3n) is 3.50. The monoisotopic (exact) mass is 306 g/mol. The maximum atomic E-state index is 12.1. The second-order valence-corrected chi connectivity index (χ2v) is 5.29. The van der Waals surface area contributed by atoms with Gasteiger partial charge in [0.2, 0.25) is 11.8 Å². The molecule has 0 radical (unpaired) electrons. The molecule has 0 aliphatic carbocycles. The lowest BCUT2D eigenvalue weighted by Gasteiger charge is -2.17. The quantitative estimate of drug-likeness (QED) is 0.748. The van der Waals surface area contributed by atoms with Crippen molar-refractivity contribution in [1.82, 2.24) is 9.88 Å². The molecule has 2 heterocycles. The van der Waals surface area contributed by atoms with Crippen LogP contribution in [0.1, 0.15) is 31.9 Å². The van der Waals surface area contributed by atoms with Crippen molar-refractivity contribution in [2.24, 2.45) is 0 Å². The van der Waals surface area contributed by atoms with Gasteiger partial charge in [-0.3, -0.25) is 9.59 Å². The molecular weight excluding hydrogens is 284 g/mol. The Kier molecular flexibility index (Phi) is 5.75. The number of pyridine rings is 1. The van der Waals surface area contributed by atoms with E-state index in [0.717, 1.165) is 12.1 Å². The Morgan fingerprint density at radius 2 is 2.18 bits per heavy atom. The Bertz CT molecular complexity index is 533. The van der Waals surface area contributed by atoms with E-state index in [-0.39, 0.29) is 30.8 Å². The van der Waals surface area contributed by atoms with Gasteiger partial charge in [0, 0.05) is 31.1 Å². The van der Waals surface area contributed by atoms with Crippen LogP contribution in [0.15, 0.2) is 18.2 Å². The molecule has 0 bridgehead atoms. The number of carbonyl (C=O) groups is 2. The molecule has 1 aliphatic heterocycles. The van der Waals surface area contributed by atoms with Crippen LogP contribution < -0.4 is 4.74 Å². The molecule has 1 aromatic heterocycles. The number of hydrogen-bond donors (Lipinski definition) is 0. The number of hydrogen-bond acceptors (Lipinski definition) is 5. The minimum atomic E-state index is -0.327. The molecule has 1 fully saturated rings. The van der Waals surface area contributed by atoms with Crippen LogP contribution >= 0.6 is 0 Å². The smallest absolute Gasteiger partial charge is 0.306 e. The van der Waals surface area contributed by atoms with E-state index in [0.29, 0.717) is 25.6 Å². The Labute approximate surface area is 130 Å². The number of ether oxygens (including phenoxy) is 2. The number of amides is 1. The molecule has 0 aromatic carbocycles. The van der Waals surface area contributed by atoms with Crippen molar-refractivity contribution in [3.63, 3.8) is 0 Å². The second-order valence-electron chi connectivity index (χ2n) is 5.29. The Morgan fingerprint density at radius 3 is 2.91 bits per heavy atom.